The van der Waals surface area contributed by atoms with Gasteiger partial charge in [-0.15, -0.1) is 11.8 Å². The van der Waals surface area contributed by atoms with Gasteiger partial charge in [0, 0.05) is 30.5 Å². The van der Waals surface area contributed by atoms with Crippen LogP contribution in [0.25, 0.3) is 11.4 Å². The minimum Gasteiger partial charge on any atom is -0.378 e. The lowest BCUT2D eigenvalue weighted by molar-refractivity contribution is 0.122. The largest absolute Gasteiger partial charge is 0.378 e. The van der Waals surface area contributed by atoms with Gasteiger partial charge >= 0.3 is 0 Å². The predicted molar refractivity (Wildman–Crippen MR) is 131 cm³/mol. The molecule has 3 aromatic rings. The first kappa shape index (κ1) is 21.8. The van der Waals surface area contributed by atoms with Crippen LogP contribution in [0.4, 0.5) is 17.2 Å². The van der Waals surface area contributed by atoms with Gasteiger partial charge in [-0.05, 0) is 54.9 Å². The monoisotopic (exact) mass is 472 g/mol. The van der Waals surface area contributed by atoms with Crippen LogP contribution < -0.4 is 15.5 Å². The molecule has 0 atom stereocenters. The second-order valence-corrected chi connectivity index (χ2v) is 8.28. The third-order valence-corrected chi connectivity index (χ3v) is 6.02. The van der Waals surface area contributed by atoms with Gasteiger partial charge in [-0.3, -0.25) is 4.98 Å². The van der Waals surface area contributed by atoms with Gasteiger partial charge in [0.2, 0.25) is 0 Å². The van der Waals surface area contributed by atoms with Gasteiger partial charge in [0.25, 0.3) is 0 Å². The number of benzene rings is 1. The molecule has 4 rings (SSSR count). The highest BCUT2D eigenvalue weighted by atomic mass is 35.5. The Hall–Kier alpha value is -2.46. The van der Waals surface area contributed by atoms with E-state index in [-0.39, 0.29) is 0 Å². The number of thioether (sulfide) groups is 1. The van der Waals surface area contributed by atoms with E-state index in [0.29, 0.717) is 29.3 Å². The lowest BCUT2D eigenvalue weighted by Crippen LogP contribution is -2.37. The Kier molecular flexibility index (Phi) is 7.18. The molecule has 0 aliphatic carbocycles. The van der Waals surface area contributed by atoms with Crippen molar-refractivity contribution in [1.82, 2.24) is 15.0 Å². The molecule has 1 aliphatic rings. The average molecular weight is 473 g/mol. The maximum atomic E-state index is 6.51. The van der Waals surface area contributed by atoms with Gasteiger partial charge in [-0.2, -0.15) is 0 Å². The summed E-state index contributed by atoms with van der Waals surface area (Å²) in [4.78, 5) is 16.5. The molecule has 0 saturated carbocycles. The molecule has 2 aromatic heterocycles. The van der Waals surface area contributed by atoms with E-state index in [2.05, 4.69) is 25.5 Å². The van der Waals surface area contributed by atoms with E-state index in [0.717, 1.165) is 40.7 Å². The molecule has 1 aromatic carbocycles. The molecule has 0 spiro atoms. The first-order valence-electron chi connectivity index (χ1n) is 9.67. The first-order valence-corrected chi connectivity index (χ1v) is 11.7. The Labute approximate surface area is 195 Å². The Balaban J connectivity index is 1.52. The van der Waals surface area contributed by atoms with E-state index in [1.807, 2.05) is 42.7 Å². The molecule has 0 radical (unpaired) electrons. The van der Waals surface area contributed by atoms with Crippen LogP contribution in [0.15, 0.2) is 53.7 Å². The van der Waals surface area contributed by atoms with E-state index >= 15 is 0 Å². The first-order chi connectivity index (χ1) is 15.1. The molecule has 7 nitrogen and oxygen atoms in total. The lowest BCUT2D eigenvalue weighted by atomic mass is 10.2. The summed E-state index contributed by atoms with van der Waals surface area (Å²) in [6, 6.07) is 11.5. The van der Waals surface area contributed by atoms with Crippen LogP contribution in [0, 0.1) is 0 Å². The molecular weight excluding hydrogens is 452 g/mol. The summed E-state index contributed by atoms with van der Waals surface area (Å²) in [5.41, 5.74) is 2.55. The number of ether oxygens (including phenoxy) is 1. The van der Waals surface area contributed by atoms with Gasteiger partial charge in [0.05, 0.1) is 30.0 Å². The number of nitrogens with zero attached hydrogens (tertiary/aromatic N) is 4. The van der Waals surface area contributed by atoms with E-state index < -0.39 is 0 Å². The fourth-order valence-corrected chi connectivity index (χ4v) is 4.34. The van der Waals surface area contributed by atoms with Crippen LogP contribution in [0.1, 0.15) is 0 Å². The number of thiocarbonyl (C=S) groups is 1. The average Bonchev–Trinajstić information content (AvgIpc) is 2.80. The molecule has 1 fully saturated rings. The van der Waals surface area contributed by atoms with Crippen molar-refractivity contribution in [2.45, 2.75) is 4.90 Å². The van der Waals surface area contributed by atoms with E-state index in [1.54, 1.807) is 24.2 Å². The van der Waals surface area contributed by atoms with E-state index in [1.165, 1.54) is 0 Å². The number of nitrogens with one attached hydrogen (secondary N) is 2. The van der Waals surface area contributed by atoms with Crippen molar-refractivity contribution in [2.24, 2.45) is 0 Å². The lowest BCUT2D eigenvalue weighted by Gasteiger charge is -2.29. The molecule has 160 valence electrons. The summed E-state index contributed by atoms with van der Waals surface area (Å²) in [6.45, 7) is 2.92. The molecule has 2 N–H and O–H groups in total. The third-order valence-electron chi connectivity index (χ3n) is 4.64. The van der Waals surface area contributed by atoms with Crippen molar-refractivity contribution in [3.8, 4) is 11.4 Å². The maximum Gasteiger partial charge on any atom is 0.175 e. The highest BCUT2D eigenvalue weighted by Crippen LogP contribution is 2.35. The number of morpholine rings is 1. The molecule has 1 aliphatic heterocycles. The van der Waals surface area contributed by atoms with Crippen molar-refractivity contribution >= 4 is 57.9 Å². The molecule has 0 amide bonds. The smallest absolute Gasteiger partial charge is 0.175 e. The fourth-order valence-electron chi connectivity index (χ4n) is 3.14. The zero-order chi connectivity index (χ0) is 21.6. The van der Waals surface area contributed by atoms with Crippen LogP contribution in [-0.4, -0.2) is 52.6 Å². The fraction of sp³-hybridized carbons (Fsp3) is 0.238. The Morgan fingerprint density at radius 2 is 1.84 bits per heavy atom. The molecule has 31 heavy (non-hydrogen) atoms. The van der Waals surface area contributed by atoms with Gasteiger partial charge in [0.15, 0.2) is 10.9 Å². The van der Waals surface area contributed by atoms with E-state index in [9.17, 15) is 0 Å². The summed E-state index contributed by atoms with van der Waals surface area (Å²) < 4.78 is 5.47. The van der Waals surface area contributed by atoms with Crippen LogP contribution >= 0.6 is 35.6 Å². The highest BCUT2D eigenvalue weighted by Gasteiger charge is 2.21. The van der Waals surface area contributed by atoms with Crippen molar-refractivity contribution in [1.29, 1.82) is 0 Å². The Morgan fingerprint density at radius 3 is 2.52 bits per heavy atom. The maximum absolute atomic E-state index is 6.51. The second-order valence-electron chi connectivity index (χ2n) is 6.69. The number of pyridine rings is 1. The predicted octanol–water partition coefficient (Wildman–Crippen LogP) is 4.56. The number of anilines is 3. The quantitative estimate of drug-likeness (QED) is 0.315. The second kappa shape index (κ2) is 10.2. The summed E-state index contributed by atoms with van der Waals surface area (Å²) >= 11 is 13.4. The molecule has 10 heteroatoms. The normalized spacial score (nSPS) is 13.7. The zero-order valence-corrected chi connectivity index (χ0v) is 19.2. The molecule has 3 heterocycles. The molecular formula is C21H21ClN6OS2. The van der Waals surface area contributed by atoms with Crippen molar-refractivity contribution in [2.75, 3.05) is 48.1 Å². The Bertz CT molecular complexity index is 1050. The summed E-state index contributed by atoms with van der Waals surface area (Å²) in [7, 11) is 0. The number of rotatable bonds is 5. The van der Waals surface area contributed by atoms with E-state index in [4.69, 9.17) is 33.5 Å². The van der Waals surface area contributed by atoms with Gasteiger partial charge in [-0.1, -0.05) is 11.6 Å². The van der Waals surface area contributed by atoms with Crippen LogP contribution in [-0.2, 0) is 4.74 Å². The minimum absolute atomic E-state index is 0.461. The SMILES string of the molecule is CSc1c(Cl)nc(-c2ccc(NC(=S)Nc3cccnc3)cc2)nc1N1CCOCC1. The standard InChI is InChI=1S/C21H21ClN6OS2/c1-31-17-18(22)26-19(27-20(17)28-9-11-29-12-10-28)14-4-6-15(7-5-14)24-21(30)25-16-3-2-8-23-13-16/h2-8,13H,9-12H2,1H3,(H2,24,25,30). The van der Waals surface area contributed by atoms with Crippen molar-refractivity contribution in [3.63, 3.8) is 0 Å². The third kappa shape index (κ3) is 5.43. The van der Waals surface area contributed by atoms with Gasteiger partial charge < -0.3 is 20.3 Å². The topological polar surface area (TPSA) is 75.2 Å². The van der Waals surface area contributed by atoms with Crippen molar-refractivity contribution < 1.29 is 4.74 Å². The minimum atomic E-state index is 0.461. The summed E-state index contributed by atoms with van der Waals surface area (Å²) in [6.07, 6.45) is 5.41. The molecule has 0 bridgehead atoms. The van der Waals surface area contributed by atoms with Gasteiger partial charge in [0.1, 0.15) is 11.0 Å². The number of hydrogen-bond acceptors (Lipinski definition) is 7. The number of aromatic nitrogens is 3. The Morgan fingerprint density at radius 1 is 1.10 bits per heavy atom. The van der Waals surface area contributed by atoms with Crippen LogP contribution in [0.2, 0.25) is 5.15 Å². The number of hydrogen-bond donors (Lipinski definition) is 2. The summed E-state index contributed by atoms with van der Waals surface area (Å²) in [5.74, 6) is 1.45. The van der Waals surface area contributed by atoms with Gasteiger partial charge in [-0.25, -0.2) is 9.97 Å². The van der Waals surface area contributed by atoms with Crippen molar-refractivity contribution in [3.05, 3.63) is 53.9 Å². The molecule has 0 unspecified atom stereocenters. The highest BCUT2D eigenvalue weighted by molar-refractivity contribution is 7.98. The number of halogens is 1. The van der Waals surface area contributed by atoms with Crippen LogP contribution in [0.3, 0.4) is 0 Å². The zero-order valence-electron chi connectivity index (χ0n) is 16.8. The van der Waals surface area contributed by atoms with Crippen LogP contribution in [0.5, 0.6) is 0 Å². The molecule has 1 saturated heterocycles. The summed E-state index contributed by atoms with van der Waals surface area (Å²) in [5, 5.41) is 7.21.